The second-order valence-electron chi connectivity index (χ2n) is 5.78. The molecule has 0 atom stereocenters. The summed E-state index contributed by atoms with van der Waals surface area (Å²) in [5.41, 5.74) is 8.74. The molecule has 3 aromatic rings. The van der Waals surface area contributed by atoms with Crippen LogP contribution < -0.4 is 5.73 Å². The lowest BCUT2D eigenvalue weighted by Gasteiger charge is -2.05. The number of nitrogens with two attached hydrogens (primary N) is 1. The van der Waals surface area contributed by atoms with Gasteiger partial charge < -0.3 is 11.1 Å². The van der Waals surface area contributed by atoms with Crippen LogP contribution in [0.25, 0.3) is 10.8 Å². The molecular weight excluding hydrogens is 410 g/mol. The van der Waals surface area contributed by atoms with Crippen molar-refractivity contribution in [1.29, 1.82) is 5.41 Å². The number of anilines is 1. The van der Waals surface area contributed by atoms with Crippen LogP contribution in [-0.2, 0) is 0 Å². The van der Waals surface area contributed by atoms with E-state index in [0.717, 1.165) is 39.4 Å². The maximum Gasteiger partial charge on any atom is 0.151 e. The number of benzene rings is 2. The molecule has 0 amide bonds. The summed E-state index contributed by atoms with van der Waals surface area (Å²) in [5, 5.41) is 18.5. The highest BCUT2D eigenvalue weighted by molar-refractivity contribution is 9.10. The molecule has 0 saturated carbocycles. The van der Waals surface area contributed by atoms with Gasteiger partial charge in [-0.15, -0.1) is 5.11 Å². The average Bonchev–Trinajstić information content (AvgIpc) is 2.65. The second kappa shape index (κ2) is 8.42. The van der Waals surface area contributed by atoms with Gasteiger partial charge in [0.15, 0.2) is 5.82 Å². The number of nitrogens with zero attached hydrogens (tertiary/aromatic N) is 3. The van der Waals surface area contributed by atoms with Gasteiger partial charge in [-0.3, -0.25) is 0 Å². The Hall–Kier alpha value is -2.25. The zero-order chi connectivity index (χ0) is 18.5. The van der Waals surface area contributed by atoms with Crippen LogP contribution in [0.5, 0.6) is 0 Å². The van der Waals surface area contributed by atoms with Gasteiger partial charge in [0.1, 0.15) is 5.69 Å². The number of fused-ring (bicyclic) bond motifs is 1. The van der Waals surface area contributed by atoms with Crippen molar-refractivity contribution < 1.29 is 0 Å². The predicted molar refractivity (Wildman–Crippen MR) is 114 cm³/mol. The molecule has 0 spiro atoms. The third-order valence-electron chi connectivity index (χ3n) is 3.92. The topological polar surface area (TPSA) is 87.5 Å². The quantitative estimate of drug-likeness (QED) is 0.253. The number of aromatic nitrogens is 1. The molecule has 0 radical (unpaired) electrons. The summed E-state index contributed by atoms with van der Waals surface area (Å²) in [6.45, 7) is 0. The Labute approximate surface area is 165 Å². The van der Waals surface area contributed by atoms with Crippen molar-refractivity contribution in [2.24, 2.45) is 10.2 Å². The Balaban J connectivity index is 1.86. The number of nitrogens with one attached hydrogen (secondary N) is 1. The van der Waals surface area contributed by atoms with Gasteiger partial charge in [0.05, 0.1) is 5.69 Å². The number of hydrogen-bond donors (Lipinski definition) is 3. The summed E-state index contributed by atoms with van der Waals surface area (Å²) >= 11 is 7.65. The molecule has 0 fully saturated rings. The van der Waals surface area contributed by atoms with E-state index in [0.29, 0.717) is 22.9 Å². The number of halogens is 1. The first-order valence-electron chi connectivity index (χ1n) is 8.12. The van der Waals surface area contributed by atoms with E-state index in [1.165, 1.54) is 0 Å². The van der Waals surface area contributed by atoms with Crippen molar-refractivity contribution in [3.8, 4) is 0 Å². The van der Waals surface area contributed by atoms with Crippen molar-refractivity contribution in [2.45, 2.75) is 12.8 Å². The fourth-order valence-corrected chi connectivity index (χ4v) is 3.05. The van der Waals surface area contributed by atoms with Crippen molar-refractivity contribution in [1.82, 2.24) is 4.98 Å². The standard InChI is InChI=1S/C19H18BrN5S/c20-14-6-3-13-11-23-19(22)18(16(13)10-14)25-24-15-7-4-12(5-8-15)17(21)2-1-9-26/h3-8,10-11,21,26H,1-2,9H2,(H2,22,23). The minimum absolute atomic E-state index is 0.338. The number of pyridine rings is 1. The van der Waals surface area contributed by atoms with E-state index in [1.807, 2.05) is 42.5 Å². The Morgan fingerprint density at radius 3 is 2.65 bits per heavy atom. The zero-order valence-corrected chi connectivity index (χ0v) is 16.5. The number of azo groups is 1. The molecule has 132 valence electrons. The molecule has 0 aliphatic carbocycles. The van der Waals surface area contributed by atoms with Crippen LogP contribution in [0.2, 0.25) is 0 Å². The van der Waals surface area contributed by atoms with Crippen molar-refractivity contribution >= 4 is 62.2 Å². The van der Waals surface area contributed by atoms with Crippen LogP contribution in [0.15, 0.2) is 63.4 Å². The summed E-state index contributed by atoms with van der Waals surface area (Å²) in [6, 6.07) is 13.3. The van der Waals surface area contributed by atoms with Gasteiger partial charge in [-0.25, -0.2) is 4.98 Å². The molecule has 0 bridgehead atoms. The summed E-state index contributed by atoms with van der Waals surface area (Å²) in [7, 11) is 0. The number of rotatable bonds is 6. The third-order valence-corrected chi connectivity index (χ3v) is 4.73. The third kappa shape index (κ3) is 4.28. The van der Waals surface area contributed by atoms with Crippen LogP contribution in [-0.4, -0.2) is 16.4 Å². The SMILES string of the molecule is N=C(CCCS)c1ccc(N=Nc2c(N)ncc3ccc(Br)cc23)cc1. The van der Waals surface area contributed by atoms with E-state index in [-0.39, 0.29) is 0 Å². The van der Waals surface area contributed by atoms with Crippen LogP contribution in [0.4, 0.5) is 17.2 Å². The van der Waals surface area contributed by atoms with Gasteiger partial charge in [0.2, 0.25) is 0 Å². The lowest BCUT2D eigenvalue weighted by molar-refractivity contribution is 1.00. The average molecular weight is 428 g/mol. The van der Waals surface area contributed by atoms with E-state index < -0.39 is 0 Å². The first kappa shape index (κ1) is 18.5. The highest BCUT2D eigenvalue weighted by atomic mass is 79.9. The normalized spacial score (nSPS) is 11.3. The minimum atomic E-state index is 0.338. The molecule has 5 nitrogen and oxygen atoms in total. The summed E-state index contributed by atoms with van der Waals surface area (Å²) in [6.07, 6.45) is 3.34. The fourth-order valence-electron chi connectivity index (χ4n) is 2.53. The molecule has 0 aliphatic rings. The lowest BCUT2D eigenvalue weighted by atomic mass is 10.1. The van der Waals surface area contributed by atoms with Crippen LogP contribution in [0.1, 0.15) is 18.4 Å². The Kier molecular flexibility index (Phi) is 6.00. The fraction of sp³-hybridized carbons (Fsp3) is 0.158. The maximum atomic E-state index is 8.06. The van der Waals surface area contributed by atoms with E-state index in [9.17, 15) is 0 Å². The molecule has 1 aromatic heterocycles. The number of hydrogen-bond acceptors (Lipinski definition) is 6. The minimum Gasteiger partial charge on any atom is -0.382 e. The van der Waals surface area contributed by atoms with E-state index in [2.05, 4.69) is 43.8 Å². The number of thiol groups is 1. The molecule has 1 heterocycles. The summed E-state index contributed by atoms with van der Waals surface area (Å²) in [5.74, 6) is 1.12. The largest absolute Gasteiger partial charge is 0.382 e. The molecule has 26 heavy (non-hydrogen) atoms. The van der Waals surface area contributed by atoms with Crippen LogP contribution in [0.3, 0.4) is 0 Å². The highest BCUT2D eigenvalue weighted by Gasteiger charge is 2.07. The van der Waals surface area contributed by atoms with Gasteiger partial charge in [-0.2, -0.15) is 17.7 Å². The Morgan fingerprint density at radius 2 is 1.92 bits per heavy atom. The lowest BCUT2D eigenvalue weighted by Crippen LogP contribution is -1.98. The van der Waals surface area contributed by atoms with Crippen LogP contribution in [0, 0.1) is 5.41 Å². The Morgan fingerprint density at radius 1 is 1.15 bits per heavy atom. The van der Waals surface area contributed by atoms with Crippen molar-refractivity contribution in [2.75, 3.05) is 11.5 Å². The molecule has 3 N–H and O–H groups in total. The van der Waals surface area contributed by atoms with Gasteiger partial charge in [0, 0.05) is 27.2 Å². The monoisotopic (exact) mass is 427 g/mol. The molecule has 3 rings (SSSR count). The molecule has 0 unspecified atom stereocenters. The molecule has 0 saturated heterocycles. The first-order chi connectivity index (χ1) is 12.6. The van der Waals surface area contributed by atoms with E-state index in [1.54, 1.807) is 6.20 Å². The maximum absolute atomic E-state index is 8.06. The van der Waals surface area contributed by atoms with Gasteiger partial charge in [0.25, 0.3) is 0 Å². The summed E-state index contributed by atoms with van der Waals surface area (Å²) in [4.78, 5) is 4.19. The molecule has 2 aromatic carbocycles. The predicted octanol–water partition coefficient (Wildman–Crippen LogP) is 6.07. The first-order valence-corrected chi connectivity index (χ1v) is 9.55. The van der Waals surface area contributed by atoms with Crippen LogP contribution >= 0.6 is 28.6 Å². The van der Waals surface area contributed by atoms with E-state index >= 15 is 0 Å². The van der Waals surface area contributed by atoms with E-state index in [4.69, 9.17) is 11.1 Å². The highest BCUT2D eigenvalue weighted by Crippen LogP contribution is 2.33. The second-order valence-corrected chi connectivity index (χ2v) is 7.14. The van der Waals surface area contributed by atoms with Crippen molar-refractivity contribution in [3.63, 3.8) is 0 Å². The van der Waals surface area contributed by atoms with Gasteiger partial charge >= 0.3 is 0 Å². The smallest absolute Gasteiger partial charge is 0.151 e. The molecular formula is C19H18BrN5S. The van der Waals surface area contributed by atoms with Gasteiger partial charge in [-0.1, -0.05) is 34.1 Å². The molecule has 7 heteroatoms. The summed E-state index contributed by atoms with van der Waals surface area (Å²) < 4.78 is 0.941. The Bertz CT molecular complexity index is 964. The van der Waals surface area contributed by atoms with Crippen molar-refractivity contribution in [3.05, 3.63) is 58.7 Å². The number of nitrogen functional groups attached to an aromatic ring is 1. The zero-order valence-electron chi connectivity index (χ0n) is 14.0. The van der Waals surface area contributed by atoms with Gasteiger partial charge in [-0.05, 0) is 48.4 Å². The molecule has 0 aliphatic heterocycles.